The maximum atomic E-state index is 12.4. The van der Waals surface area contributed by atoms with Crippen molar-refractivity contribution in [3.63, 3.8) is 0 Å². The smallest absolute Gasteiger partial charge is 0.263 e. The molecule has 106 valence electrons. The van der Waals surface area contributed by atoms with Crippen LogP contribution in [0.25, 0.3) is 0 Å². The second-order valence-corrected chi connectivity index (χ2v) is 6.49. The summed E-state index contributed by atoms with van der Waals surface area (Å²) in [6, 6.07) is 1.98. The molecule has 0 aliphatic carbocycles. The van der Waals surface area contributed by atoms with Crippen LogP contribution >= 0.6 is 11.3 Å². The molecule has 5 heteroatoms. The van der Waals surface area contributed by atoms with Crippen LogP contribution in [0.1, 0.15) is 39.1 Å². The van der Waals surface area contributed by atoms with Crippen LogP contribution in [0.4, 0.5) is 0 Å². The van der Waals surface area contributed by atoms with Crippen LogP contribution in [-0.4, -0.2) is 33.4 Å². The maximum absolute atomic E-state index is 12.4. The first-order chi connectivity index (χ1) is 9.54. The summed E-state index contributed by atoms with van der Waals surface area (Å²) < 4.78 is 2.09. The molecule has 1 amide bonds. The first-order valence-corrected chi connectivity index (χ1v) is 7.77. The summed E-state index contributed by atoms with van der Waals surface area (Å²) in [5.41, 5.74) is 2.20. The molecule has 0 radical (unpaired) electrons. The minimum Gasteiger partial charge on any atom is -0.337 e. The zero-order chi connectivity index (χ0) is 14.3. The van der Waals surface area contributed by atoms with E-state index in [0.29, 0.717) is 5.92 Å². The van der Waals surface area contributed by atoms with Crippen LogP contribution in [0.2, 0.25) is 0 Å². The van der Waals surface area contributed by atoms with Gasteiger partial charge in [-0.25, -0.2) is 4.98 Å². The Labute approximate surface area is 123 Å². The van der Waals surface area contributed by atoms with E-state index >= 15 is 0 Å². The summed E-state index contributed by atoms with van der Waals surface area (Å²) in [6.45, 7) is 5.64. The van der Waals surface area contributed by atoms with Crippen molar-refractivity contribution < 1.29 is 4.79 Å². The highest BCUT2D eigenvalue weighted by Crippen LogP contribution is 2.28. The van der Waals surface area contributed by atoms with Gasteiger partial charge in [0.05, 0.1) is 10.6 Å². The van der Waals surface area contributed by atoms with Gasteiger partial charge in [0.25, 0.3) is 5.91 Å². The molecular formula is C15H19N3OS. The number of likely N-dealkylation sites (tertiary alicyclic amines) is 1. The highest BCUT2D eigenvalue weighted by molar-refractivity contribution is 7.12. The Kier molecular flexibility index (Phi) is 3.38. The quantitative estimate of drug-likeness (QED) is 0.852. The molecule has 1 aliphatic heterocycles. The number of hydrogen-bond acceptors (Lipinski definition) is 3. The number of thiophene rings is 1. The van der Waals surface area contributed by atoms with Crippen molar-refractivity contribution in [1.29, 1.82) is 0 Å². The normalized spacial score (nSPS) is 18.8. The average molecular weight is 289 g/mol. The van der Waals surface area contributed by atoms with Gasteiger partial charge in [0, 0.05) is 32.3 Å². The van der Waals surface area contributed by atoms with Crippen molar-refractivity contribution in [2.24, 2.45) is 7.05 Å². The first-order valence-electron chi connectivity index (χ1n) is 6.89. The van der Waals surface area contributed by atoms with Crippen LogP contribution in [0.3, 0.4) is 0 Å². The Bertz CT molecular complexity index is 643. The summed E-state index contributed by atoms with van der Waals surface area (Å²) in [4.78, 5) is 19.8. The molecule has 3 rings (SSSR count). The van der Waals surface area contributed by atoms with Gasteiger partial charge in [-0.2, -0.15) is 0 Å². The first kappa shape index (κ1) is 13.4. The molecule has 0 saturated carbocycles. The molecule has 1 aliphatic rings. The van der Waals surface area contributed by atoms with Crippen molar-refractivity contribution in [1.82, 2.24) is 14.5 Å². The van der Waals surface area contributed by atoms with Gasteiger partial charge in [0.2, 0.25) is 0 Å². The van der Waals surface area contributed by atoms with E-state index in [1.54, 1.807) is 0 Å². The second-order valence-electron chi connectivity index (χ2n) is 5.58. The predicted molar refractivity (Wildman–Crippen MR) is 80.3 cm³/mol. The zero-order valence-electron chi connectivity index (χ0n) is 12.1. The molecule has 1 saturated heterocycles. The fourth-order valence-electron chi connectivity index (χ4n) is 2.87. The lowest BCUT2D eigenvalue weighted by Crippen LogP contribution is -2.28. The standard InChI is InChI=1S/C15H19N3OS/c1-10-6-13(20-9-10)15(19)18-5-4-12(8-18)14-16-11(2)7-17(14)3/h6-7,9,12H,4-5,8H2,1-3H3. The van der Waals surface area contributed by atoms with E-state index in [-0.39, 0.29) is 5.91 Å². The second kappa shape index (κ2) is 5.05. The third kappa shape index (κ3) is 2.38. The predicted octanol–water partition coefficient (Wildman–Crippen LogP) is 2.73. The number of imidazole rings is 1. The summed E-state index contributed by atoms with van der Waals surface area (Å²) in [7, 11) is 2.03. The lowest BCUT2D eigenvalue weighted by Gasteiger charge is -2.15. The highest BCUT2D eigenvalue weighted by Gasteiger charge is 2.30. The van der Waals surface area contributed by atoms with Crippen molar-refractivity contribution in [3.8, 4) is 0 Å². The van der Waals surface area contributed by atoms with Crippen LogP contribution < -0.4 is 0 Å². The van der Waals surface area contributed by atoms with Crippen LogP contribution in [-0.2, 0) is 7.05 Å². The minimum atomic E-state index is 0.163. The Morgan fingerprint density at radius 2 is 2.25 bits per heavy atom. The topological polar surface area (TPSA) is 38.1 Å². The van der Waals surface area contributed by atoms with Gasteiger partial charge in [-0.15, -0.1) is 11.3 Å². The Morgan fingerprint density at radius 1 is 1.45 bits per heavy atom. The van der Waals surface area contributed by atoms with E-state index in [2.05, 4.69) is 9.55 Å². The lowest BCUT2D eigenvalue weighted by atomic mass is 10.1. The number of aromatic nitrogens is 2. The van der Waals surface area contributed by atoms with Crippen LogP contribution in [0, 0.1) is 13.8 Å². The molecule has 20 heavy (non-hydrogen) atoms. The van der Waals surface area contributed by atoms with E-state index in [9.17, 15) is 4.79 Å². The van der Waals surface area contributed by atoms with Crippen LogP contribution in [0.15, 0.2) is 17.6 Å². The molecule has 1 fully saturated rings. The molecule has 1 unspecified atom stereocenters. The van der Waals surface area contributed by atoms with Crippen molar-refractivity contribution >= 4 is 17.2 Å². The maximum Gasteiger partial charge on any atom is 0.263 e. The Balaban J connectivity index is 1.73. The summed E-state index contributed by atoms with van der Waals surface area (Å²) in [5.74, 6) is 1.62. The largest absolute Gasteiger partial charge is 0.337 e. The van der Waals surface area contributed by atoms with E-state index in [0.717, 1.165) is 41.5 Å². The fraction of sp³-hybridized carbons (Fsp3) is 0.467. The number of aryl methyl sites for hydroxylation is 3. The van der Waals surface area contributed by atoms with Gasteiger partial charge >= 0.3 is 0 Å². The van der Waals surface area contributed by atoms with Gasteiger partial charge in [-0.05, 0) is 37.3 Å². The molecule has 0 aromatic carbocycles. The summed E-state index contributed by atoms with van der Waals surface area (Å²) in [5, 5.41) is 2.03. The van der Waals surface area contributed by atoms with Gasteiger partial charge in [-0.3, -0.25) is 4.79 Å². The number of nitrogens with zero attached hydrogens (tertiary/aromatic N) is 3. The molecule has 0 N–H and O–H groups in total. The molecule has 1 atom stereocenters. The number of carbonyl (C=O) groups excluding carboxylic acids is 1. The van der Waals surface area contributed by atoms with Gasteiger partial charge < -0.3 is 9.47 Å². The number of carbonyl (C=O) groups is 1. The summed E-state index contributed by atoms with van der Waals surface area (Å²) >= 11 is 1.54. The van der Waals surface area contributed by atoms with Crippen molar-refractivity contribution in [2.45, 2.75) is 26.2 Å². The third-order valence-corrected chi connectivity index (χ3v) is 4.85. The Hall–Kier alpha value is -1.62. The van der Waals surface area contributed by atoms with Crippen molar-refractivity contribution in [2.75, 3.05) is 13.1 Å². The van der Waals surface area contributed by atoms with Gasteiger partial charge in [0.1, 0.15) is 5.82 Å². The molecule has 4 nitrogen and oxygen atoms in total. The molecule has 0 bridgehead atoms. The lowest BCUT2D eigenvalue weighted by molar-refractivity contribution is 0.0795. The monoisotopic (exact) mass is 289 g/mol. The van der Waals surface area contributed by atoms with Gasteiger partial charge in [0.15, 0.2) is 0 Å². The SMILES string of the molecule is Cc1csc(C(=O)N2CCC(c3nc(C)cn3C)C2)c1. The van der Waals surface area contributed by atoms with E-state index in [4.69, 9.17) is 0 Å². The van der Waals surface area contributed by atoms with E-state index in [1.807, 2.05) is 43.4 Å². The third-order valence-electron chi connectivity index (χ3n) is 3.81. The summed E-state index contributed by atoms with van der Waals surface area (Å²) in [6.07, 6.45) is 3.04. The van der Waals surface area contributed by atoms with E-state index in [1.165, 1.54) is 11.3 Å². The zero-order valence-corrected chi connectivity index (χ0v) is 12.9. The number of rotatable bonds is 2. The average Bonchev–Trinajstić information content (AvgIpc) is 3.08. The minimum absolute atomic E-state index is 0.163. The highest BCUT2D eigenvalue weighted by atomic mass is 32.1. The Morgan fingerprint density at radius 3 is 2.85 bits per heavy atom. The van der Waals surface area contributed by atoms with E-state index < -0.39 is 0 Å². The fourth-order valence-corrected chi connectivity index (χ4v) is 3.73. The molecule has 2 aromatic rings. The molecular weight excluding hydrogens is 270 g/mol. The number of hydrogen-bond donors (Lipinski definition) is 0. The molecule has 0 spiro atoms. The number of amides is 1. The van der Waals surface area contributed by atoms with Crippen LogP contribution in [0.5, 0.6) is 0 Å². The van der Waals surface area contributed by atoms with Crippen molar-refractivity contribution in [3.05, 3.63) is 39.6 Å². The molecule has 2 aromatic heterocycles. The van der Waals surface area contributed by atoms with Gasteiger partial charge in [-0.1, -0.05) is 0 Å². The molecule has 3 heterocycles.